The normalized spacial score (nSPS) is 10.1. The molecule has 0 aliphatic carbocycles. The highest BCUT2D eigenvalue weighted by molar-refractivity contribution is 6.04. The average Bonchev–Trinajstić information content (AvgIpc) is 2.69. The lowest BCUT2D eigenvalue weighted by molar-refractivity contribution is 0.101. The molecule has 0 unspecified atom stereocenters. The van der Waals surface area contributed by atoms with Crippen LogP contribution in [0.3, 0.4) is 0 Å². The van der Waals surface area contributed by atoms with Gasteiger partial charge in [-0.15, -0.1) is 0 Å². The van der Waals surface area contributed by atoms with E-state index in [1.165, 1.54) is 19.3 Å². The number of carbonyl (C=O) groups is 2. The van der Waals surface area contributed by atoms with Crippen LogP contribution >= 0.6 is 0 Å². The average molecular weight is 362 g/mol. The summed E-state index contributed by atoms with van der Waals surface area (Å²) in [7, 11) is 1.60. The number of carbonyl (C=O) groups excluding carboxylic acids is 2. The summed E-state index contributed by atoms with van der Waals surface area (Å²) in [6.07, 6.45) is 2.89. The van der Waals surface area contributed by atoms with E-state index in [-0.39, 0.29) is 11.7 Å². The standard InChI is InChI=1S/C20H18N4O3/c1-13(25)14-3-5-16(6-4-14)23-19(26)15-11-21-20(22-12-15)24-17-7-9-18(27-2)10-8-17/h3-12H,1-2H3,(H,23,26)(H,21,22,24). The van der Waals surface area contributed by atoms with Crippen LogP contribution in [0.2, 0.25) is 0 Å². The Balaban J connectivity index is 1.63. The van der Waals surface area contributed by atoms with Gasteiger partial charge in [0.1, 0.15) is 5.75 Å². The molecule has 0 radical (unpaired) electrons. The number of hydrogen-bond donors (Lipinski definition) is 2. The number of ketones is 1. The Bertz CT molecular complexity index is 936. The molecular weight excluding hydrogens is 344 g/mol. The zero-order chi connectivity index (χ0) is 19.2. The number of nitrogens with zero attached hydrogens (tertiary/aromatic N) is 2. The monoisotopic (exact) mass is 362 g/mol. The topological polar surface area (TPSA) is 93.2 Å². The van der Waals surface area contributed by atoms with Crippen LogP contribution in [0.15, 0.2) is 60.9 Å². The van der Waals surface area contributed by atoms with Crippen LogP contribution < -0.4 is 15.4 Å². The maximum absolute atomic E-state index is 12.3. The summed E-state index contributed by atoms with van der Waals surface area (Å²) in [5.74, 6) is 0.773. The quantitative estimate of drug-likeness (QED) is 0.650. The summed E-state index contributed by atoms with van der Waals surface area (Å²) in [5.41, 5.74) is 2.31. The lowest BCUT2D eigenvalue weighted by Gasteiger charge is -2.07. The highest BCUT2D eigenvalue weighted by Crippen LogP contribution is 2.18. The fourth-order valence-corrected chi connectivity index (χ4v) is 2.30. The van der Waals surface area contributed by atoms with E-state index in [4.69, 9.17) is 4.74 Å². The fourth-order valence-electron chi connectivity index (χ4n) is 2.30. The summed E-state index contributed by atoms with van der Waals surface area (Å²) in [6.45, 7) is 1.49. The Morgan fingerprint density at radius 1 is 0.852 bits per heavy atom. The van der Waals surface area contributed by atoms with E-state index in [9.17, 15) is 9.59 Å². The molecule has 1 amide bonds. The zero-order valence-electron chi connectivity index (χ0n) is 14.9. The Hall–Kier alpha value is -3.74. The summed E-state index contributed by atoms with van der Waals surface area (Å²) in [5, 5.41) is 5.79. The van der Waals surface area contributed by atoms with Crippen molar-refractivity contribution < 1.29 is 14.3 Å². The molecular formula is C20H18N4O3. The minimum Gasteiger partial charge on any atom is -0.497 e. The van der Waals surface area contributed by atoms with Crippen LogP contribution in [0.1, 0.15) is 27.6 Å². The van der Waals surface area contributed by atoms with Crippen molar-refractivity contribution in [2.24, 2.45) is 0 Å². The van der Waals surface area contributed by atoms with Gasteiger partial charge in [0.2, 0.25) is 5.95 Å². The van der Waals surface area contributed by atoms with Crippen LogP contribution in [-0.2, 0) is 0 Å². The third kappa shape index (κ3) is 4.66. The molecule has 27 heavy (non-hydrogen) atoms. The van der Waals surface area contributed by atoms with Crippen molar-refractivity contribution >= 4 is 29.0 Å². The van der Waals surface area contributed by atoms with Crippen LogP contribution in [-0.4, -0.2) is 28.8 Å². The molecule has 136 valence electrons. The molecule has 2 aromatic carbocycles. The first-order valence-electron chi connectivity index (χ1n) is 8.20. The maximum atomic E-state index is 12.3. The van der Waals surface area contributed by atoms with E-state index in [2.05, 4.69) is 20.6 Å². The van der Waals surface area contributed by atoms with Gasteiger partial charge in [-0.3, -0.25) is 9.59 Å². The van der Waals surface area contributed by atoms with Crippen molar-refractivity contribution in [2.75, 3.05) is 17.7 Å². The summed E-state index contributed by atoms with van der Waals surface area (Å²) >= 11 is 0. The fraction of sp³-hybridized carbons (Fsp3) is 0.100. The molecule has 0 atom stereocenters. The predicted molar refractivity (Wildman–Crippen MR) is 103 cm³/mol. The number of aromatic nitrogens is 2. The van der Waals surface area contributed by atoms with Crippen molar-refractivity contribution in [1.29, 1.82) is 0 Å². The van der Waals surface area contributed by atoms with Gasteiger partial charge in [0.25, 0.3) is 5.91 Å². The molecule has 0 fully saturated rings. The molecule has 7 nitrogen and oxygen atoms in total. The number of anilines is 3. The lowest BCUT2D eigenvalue weighted by atomic mass is 10.1. The van der Waals surface area contributed by atoms with Gasteiger partial charge in [-0.25, -0.2) is 9.97 Å². The number of rotatable bonds is 6. The van der Waals surface area contributed by atoms with Crippen molar-refractivity contribution in [3.8, 4) is 5.75 Å². The second kappa shape index (κ2) is 8.09. The lowest BCUT2D eigenvalue weighted by Crippen LogP contribution is -2.13. The predicted octanol–water partition coefficient (Wildman–Crippen LogP) is 3.68. The number of amides is 1. The Kier molecular flexibility index (Phi) is 5.41. The van der Waals surface area contributed by atoms with Gasteiger partial charge < -0.3 is 15.4 Å². The number of ether oxygens (including phenoxy) is 1. The van der Waals surface area contributed by atoms with Crippen molar-refractivity contribution in [3.05, 3.63) is 72.1 Å². The first-order valence-corrected chi connectivity index (χ1v) is 8.20. The van der Waals surface area contributed by atoms with Crippen LogP contribution in [0.25, 0.3) is 0 Å². The minimum absolute atomic E-state index is 0.0266. The molecule has 2 N–H and O–H groups in total. The van der Waals surface area contributed by atoms with E-state index in [0.717, 1.165) is 11.4 Å². The van der Waals surface area contributed by atoms with E-state index in [1.54, 1.807) is 31.4 Å². The summed E-state index contributed by atoms with van der Waals surface area (Å²) < 4.78 is 5.11. The van der Waals surface area contributed by atoms with Crippen molar-refractivity contribution in [1.82, 2.24) is 9.97 Å². The minimum atomic E-state index is -0.332. The maximum Gasteiger partial charge on any atom is 0.258 e. The second-order valence-corrected chi connectivity index (χ2v) is 5.74. The second-order valence-electron chi connectivity index (χ2n) is 5.74. The van der Waals surface area contributed by atoms with Gasteiger partial charge in [0.15, 0.2) is 5.78 Å². The van der Waals surface area contributed by atoms with E-state index < -0.39 is 0 Å². The Labute approximate surface area is 156 Å². The molecule has 3 rings (SSSR count). The highest BCUT2D eigenvalue weighted by Gasteiger charge is 2.08. The number of benzene rings is 2. The molecule has 0 saturated carbocycles. The number of Topliss-reactive ketones (excluding diaryl/α,β-unsaturated/α-hetero) is 1. The number of methoxy groups -OCH3 is 1. The van der Waals surface area contributed by atoms with E-state index >= 15 is 0 Å². The van der Waals surface area contributed by atoms with Gasteiger partial charge in [0.05, 0.1) is 12.7 Å². The van der Waals surface area contributed by atoms with Gasteiger partial charge in [-0.05, 0) is 55.5 Å². The summed E-state index contributed by atoms with van der Waals surface area (Å²) in [4.78, 5) is 31.9. The van der Waals surface area contributed by atoms with Gasteiger partial charge in [0, 0.05) is 29.3 Å². The summed E-state index contributed by atoms with van der Waals surface area (Å²) in [6, 6.07) is 14.0. The molecule has 7 heteroatoms. The molecule has 0 saturated heterocycles. The third-order valence-electron chi connectivity index (χ3n) is 3.81. The first-order chi connectivity index (χ1) is 13.0. The van der Waals surface area contributed by atoms with Gasteiger partial charge in [-0.2, -0.15) is 0 Å². The van der Waals surface area contributed by atoms with Crippen LogP contribution in [0.5, 0.6) is 5.75 Å². The van der Waals surface area contributed by atoms with Crippen molar-refractivity contribution in [3.63, 3.8) is 0 Å². The van der Waals surface area contributed by atoms with Crippen LogP contribution in [0.4, 0.5) is 17.3 Å². The highest BCUT2D eigenvalue weighted by atomic mass is 16.5. The smallest absolute Gasteiger partial charge is 0.258 e. The van der Waals surface area contributed by atoms with E-state index in [1.807, 2.05) is 24.3 Å². The zero-order valence-corrected chi connectivity index (χ0v) is 14.9. The van der Waals surface area contributed by atoms with Gasteiger partial charge >= 0.3 is 0 Å². The Morgan fingerprint density at radius 3 is 2.00 bits per heavy atom. The number of hydrogen-bond acceptors (Lipinski definition) is 6. The molecule has 3 aromatic rings. The van der Waals surface area contributed by atoms with Gasteiger partial charge in [-0.1, -0.05) is 0 Å². The third-order valence-corrected chi connectivity index (χ3v) is 3.81. The first kappa shape index (κ1) is 18.1. The van der Waals surface area contributed by atoms with E-state index in [0.29, 0.717) is 22.8 Å². The SMILES string of the molecule is COc1ccc(Nc2ncc(C(=O)Nc3ccc(C(C)=O)cc3)cn2)cc1. The Morgan fingerprint density at radius 2 is 1.44 bits per heavy atom. The largest absolute Gasteiger partial charge is 0.497 e. The van der Waals surface area contributed by atoms with Crippen LogP contribution in [0, 0.1) is 0 Å². The molecule has 1 heterocycles. The number of nitrogens with one attached hydrogen (secondary N) is 2. The van der Waals surface area contributed by atoms with Crippen molar-refractivity contribution in [2.45, 2.75) is 6.92 Å². The molecule has 0 bridgehead atoms. The molecule has 0 spiro atoms. The molecule has 1 aromatic heterocycles. The molecule has 0 aliphatic rings. The molecule has 0 aliphatic heterocycles.